The summed E-state index contributed by atoms with van der Waals surface area (Å²) >= 11 is 0. The third kappa shape index (κ3) is 3.44. The van der Waals surface area contributed by atoms with E-state index in [0.29, 0.717) is 18.5 Å². The lowest BCUT2D eigenvalue weighted by Gasteiger charge is -2.23. The Morgan fingerprint density at radius 2 is 2.10 bits per heavy atom. The number of nitrogens with zero attached hydrogens (tertiary/aromatic N) is 1. The summed E-state index contributed by atoms with van der Waals surface area (Å²) in [5.74, 6) is 0.0182. The number of carbonyl (C=O) groups is 1. The first-order chi connectivity index (χ1) is 10.2. The van der Waals surface area contributed by atoms with Gasteiger partial charge in [-0.1, -0.05) is 30.3 Å². The molecule has 0 bridgehead atoms. The van der Waals surface area contributed by atoms with Gasteiger partial charge in [-0.2, -0.15) is 0 Å². The van der Waals surface area contributed by atoms with E-state index in [1.165, 1.54) is 24.9 Å². The summed E-state index contributed by atoms with van der Waals surface area (Å²) < 4.78 is 0. The molecule has 1 amide bonds. The van der Waals surface area contributed by atoms with Crippen molar-refractivity contribution in [2.75, 3.05) is 13.1 Å². The highest BCUT2D eigenvalue weighted by atomic mass is 16.2. The number of nitrogens with two attached hydrogens (primary N) is 1. The molecule has 3 unspecified atom stereocenters. The van der Waals surface area contributed by atoms with Crippen LogP contribution in [0.2, 0.25) is 0 Å². The molecule has 0 radical (unpaired) electrons. The number of benzene rings is 1. The van der Waals surface area contributed by atoms with E-state index in [4.69, 9.17) is 5.73 Å². The molecule has 21 heavy (non-hydrogen) atoms. The van der Waals surface area contributed by atoms with Gasteiger partial charge in [0.1, 0.15) is 0 Å². The Labute approximate surface area is 126 Å². The predicted molar refractivity (Wildman–Crippen MR) is 83.9 cm³/mol. The highest BCUT2D eigenvalue weighted by Crippen LogP contribution is 2.27. The van der Waals surface area contributed by atoms with Crippen molar-refractivity contribution in [3.05, 3.63) is 35.9 Å². The summed E-state index contributed by atoms with van der Waals surface area (Å²) in [6, 6.07) is 10.7. The van der Waals surface area contributed by atoms with E-state index in [0.717, 1.165) is 19.4 Å². The van der Waals surface area contributed by atoms with Crippen LogP contribution in [-0.4, -0.2) is 42.0 Å². The van der Waals surface area contributed by atoms with Crippen molar-refractivity contribution >= 4 is 5.91 Å². The first-order valence-electron chi connectivity index (χ1n) is 8.08. The Kier molecular flexibility index (Phi) is 4.56. The molecule has 0 spiro atoms. The van der Waals surface area contributed by atoms with Gasteiger partial charge in [0, 0.05) is 18.6 Å². The molecule has 0 aromatic heterocycles. The average Bonchev–Trinajstić information content (AvgIpc) is 3.11. The highest BCUT2D eigenvalue weighted by Gasteiger charge is 2.38. The normalized spacial score (nSPS) is 26.5. The van der Waals surface area contributed by atoms with Gasteiger partial charge in [-0.25, -0.2) is 0 Å². The Hall–Kier alpha value is -1.39. The molecule has 3 atom stereocenters. The second-order valence-electron chi connectivity index (χ2n) is 6.28. The summed E-state index contributed by atoms with van der Waals surface area (Å²) in [6.07, 6.45) is 5.11. The minimum atomic E-state index is -0.402. The van der Waals surface area contributed by atoms with Crippen molar-refractivity contribution in [3.8, 4) is 0 Å². The minimum Gasteiger partial charge on any atom is -0.350 e. The number of rotatable bonds is 5. The molecule has 3 rings (SSSR count). The van der Waals surface area contributed by atoms with Crippen LogP contribution in [0.3, 0.4) is 0 Å². The number of aryl methyl sites for hydroxylation is 1. The van der Waals surface area contributed by atoms with Crippen molar-refractivity contribution in [2.24, 2.45) is 5.73 Å². The van der Waals surface area contributed by atoms with E-state index in [2.05, 4.69) is 22.3 Å². The fourth-order valence-corrected chi connectivity index (χ4v) is 3.64. The van der Waals surface area contributed by atoms with Crippen molar-refractivity contribution in [1.29, 1.82) is 0 Å². The molecular weight excluding hydrogens is 262 g/mol. The second-order valence-corrected chi connectivity index (χ2v) is 6.28. The lowest BCUT2D eigenvalue weighted by Crippen LogP contribution is -2.49. The topological polar surface area (TPSA) is 58.4 Å². The third-order valence-electron chi connectivity index (χ3n) is 4.86. The van der Waals surface area contributed by atoms with Gasteiger partial charge in [0.2, 0.25) is 5.91 Å². The Balaban J connectivity index is 1.46. The first-order valence-corrected chi connectivity index (χ1v) is 8.08. The quantitative estimate of drug-likeness (QED) is 0.858. The zero-order valence-electron chi connectivity index (χ0n) is 12.5. The molecule has 4 heteroatoms. The molecule has 2 saturated heterocycles. The Morgan fingerprint density at radius 1 is 1.29 bits per heavy atom. The molecule has 2 aliphatic rings. The summed E-state index contributed by atoms with van der Waals surface area (Å²) in [5.41, 5.74) is 7.29. The van der Waals surface area contributed by atoms with Crippen LogP contribution in [0.4, 0.5) is 0 Å². The van der Waals surface area contributed by atoms with Gasteiger partial charge in [0.25, 0.3) is 0 Å². The third-order valence-corrected chi connectivity index (χ3v) is 4.86. The van der Waals surface area contributed by atoms with Gasteiger partial charge in [0.05, 0.1) is 6.04 Å². The smallest absolute Gasteiger partial charge is 0.237 e. The van der Waals surface area contributed by atoms with Crippen LogP contribution < -0.4 is 11.1 Å². The van der Waals surface area contributed by atoms with Gasteiger partial charge in [0.15, 0.2) is 0 Å². The van der Waals surface area contributed by atoms with E-state index in [1.54, 1.807) is 0 Å². The summed E-state index contributed by atoms with van der Waals surface area (Å²) in [6.45, 7) is 2.31. The lowest BCUT2D eigenvalue weighted by atomic mass is 10.0. The molecule has 2 heterocycles. The van der Waals surface area contributed by atoms with Gasteiger partial charge < -0.3 is 11.1 Å². The van der Waals surface area contributed by atoms with Crippen LogP contribution in [0.15, 0.2) is 30.3 Å². The number of hydrogen-bond donors (Lipinski definition) is 2. The monoisotopic (exact) mass is 287 g/mol. The van der Waals surface area contributed by atoms with E-state index >= 15 is 0 Å². The maximum atomic E-state index is 12.3. The van der Waals surface area contributed by atoms with Crippen LogP contribution in [0.5, 0.6) is 0 Å². The molecule has 0 saturated carbocycles. The fourth-order valence-electron chi connectivity index (χ4n) is 3.64. The van der Waals surface area contributed by atoms with E-state index in [-0.39, 0.29) is 5.91 Å². The minimum absolute atomic E-state index is 0.0182. The maximum Gasteiger partial charge on any atom is 0.237 e. The van der Waals surface area contributed by atoms with Crippen LogP contribution in [0.25, 0.3) is 0 Å². The standard InChI is InChI=1S/C17H25N3O/c18-14(9-8-13-5-2-1-3-6-13)17(21)19-15-10-12-20-11-4-7-16(15)20/h1-3,5-6,14-16H,4,7-12,18H2,(H,19,21). The van der Waals surface area contributed by atoms with Crippen molar-refractivity contribution in [3.63, 3.8) is 0 Å². The van der Waals surface area contributed by atoms with Gasteiger partial charge in [-0.3, -0.25) is 9.69 Å². The highest BCUT2D eigenvalue weighted by molar-refractivity contribution is 5.81. The summed E-state index contributed by atoms with van der Waals surface area (Å²) in [7, 11) is 0. The van der Waals surface area contributed by atoms with Crippen LogP contribution in [-0.2, 0) is 11.2 Å². The van der Waals surface area contributed by atoms with Gasteiger partial charge in [-0.15, -0.1) is 0 Å². The van der Waals surface area contributed by atoms with Gasteiger partial charge >= 0.3 is 0 Å². The van der Waals surface area contributed by atoms with Crippen molar-refractivity contribution in [2.45, 2.75) is 50.2 Å². The number of amides is 1. The van der Waals surface area contributed by atoms with Gasteiger partial charge in [-0.05, 0) is 44.2 Å². The zero-order valence-corrected chi connectivity index (χ0v) is 12.5. The fraction of sp³-hybridized carbons (Fsp3) is 0.588. The van der Waals surface area contributed by atoms with Crippen molar-refractivity contribution in [1.82, 2.24) is 10.2 Å². The Morgan fingerprint density at radius 3 is 2.90 bits per heavy atom. The van der Waals surface area contributed by atoms with E-state index in [1.807, 2.05) is 18.2 Å². The average molecular weight is 287 g/mol. The molecule has 0 aliphatic carbocycles. The molecule has 2 fully saturated rings. The molecule has 3 N–H and O–H groups in total. The van der Waals surface area contributed by atoms with E-state index in [9.17, 15) is 4.79 Å². The molecular formula is C17H25N3O. The Bertz CT molecular complexity index is 476. The molecule has 2 aliphatic heterocycles. The van der Waals surface area contributed by atoms with Crippen LogP contribution >= 0.6 is 0 Å². The number of fused-ring (bicyclic) bond motifs is 1. The molecule has 114 valence electrons. The summed E-state index contributed by atoms with van der Waals surface area (Å²) in [4.78, 5) is 14.8. The van der Waals surface area contributed by atoms with Crippen LogP contribution in [0, 0.1) is 0 Å². The first kappa shape index (κ1) is 14.5. The number of nitrogens with one attached hydrogen (secondary N) is 1. The predicted octanol–water partition coefficient (Wildman–Crippen LogP) is 1.30. The largest absolute Gasteiger partial charge is 0.350 e. The SMILES string of the molecule is NC(CCc1ccccc1)C(=O)NC1CCN2CCCC12. The molecule has 1 aromatic carbocycles. The lowest BCUT2D eigenvalue weighted by molar-refractivity contribution is -0.123. The van der Waals surface area contributed by atoms with Crippen molar-refractivity contribution < 1.29 is 4.79 Å². The molecule has 4 nitrogen and oxygen atoms in total. The maximum absolute atomic E-state index is 12.3. The second kappa shape index (κ2) is 6.58. The van der Waals surface area contributed by atoms with E-state index < -0.39 is 6.04 Å². The number of hydrogen-bond acceptors (Lipinski definition) is 3. The molecule has 1 aromatic rings. The van der Waals surface area contributed by atoms with Crippen LogP contribution in [0.1, 0.15) is 31.2 Å². The zero-order chi connectivity index (χ0) is 14.7. The number of carbonyl (C=O) groups excluding carboxylic acids is 1. The summed E-state index contributed by atoms with van der Waals surface area (Å²) in [5, 5.41) is 3.18.